The molecule has 2 unspecified atom stereocenters. The molecular formula is C9H19N. The summed E-state index contributed by atoms with van der Waals surface area (Å²) in [5, 5.41) is 0. The Morgan fingerprint density at radius 2 is 1.70 bits per heavy atom. The van der Waals surface area contributed by atoms with Crippen molar-refractivity contribution >= 4 is 0 Å². The molecule has 10 heavy (non-hydrogen) atoms. The van der Waals surface area contributed by atoms with Crippen LogP contribution in [0.2, 0.25) is 0 Å². The first-order valence-electron chi connectivity index (χ1n) is 4.45. The molecule has 0 saturated heterocycles. The Hall–Kier alpha value is -0.0400. The van der Waals surface area contributed by atoms with Gasteiger partial charge in [-0.25, -0.2) is 0 Å². The fraction of sp³-hybridized carbons (Fsp3) is 1.00. The molecule has 0 radical (unpaired) electrons. The summed E-state index contributed by atoms with van der Waals surface area (Å²) in [6, 6.07) is 0. The van der Waals surface area contributed by atoms with Crippen molar-refractivity contribution in [1.82, 2.24) is 0 Å². The van der Waals surface area contributed by atoms with Gasteiger partial charge in [0.25, 0.3) is 0 Å². The van der Waals surface area contributed by atoms with E-state index in [0.29, 0.717) is 0 Å². The molecule has 1 rings (SSSR count). The summed E-state index contributed by atoms with van der Waals surface area (Å²) in [7, 11) is 0. The third-order valence-electron chi connectivity index (χ3n) is 3.04. The first kappa shape index (κ1) is 8.06. The molecule has 2 atom stereocenters. The number of rotatable bonds is 2. The van der Waals surface area contributed by atoms with E-state index in [4.69, 9.17) is 5.73 Å². The van der Waals surface area contributed by atoms with Gasteiger partial charge in [-0.3, -0.25) is 0 Å². The standard InChI is InChI=1S/C9H19N/c1-7-3-4-8(2)9(7)5-6-10/h7-9H,3-6,10H2,1-2H3. The predicted molar refractivity (Wildman–Crippen MR) is 44.7 cm³/mol. The lowest BCUT2D eigenvalue weighted by atomic mass is 9.89. The van der Waals surface area contributed by atoms with Gasteiger partial charge in [-0.2, -0.15) is 0 Å². The van der Waals surface area contributed by atoms with Crippen LogP contribution in [-0.4, -0.2) is 6.54 Å². The lowest BCUT2D eigenvalue weighted by Gasteiger charge is -2.18. The van der Waals surface area contributed by atoms with E-state index in [0.717, 1.165) is 24.3 Å². The van der Waals surface area contributed by atoms with Crippen molar-refractivity contribution < 1.29 is 0 Å². The SMILES string of the molecule is CC1CCC(C)C1CCN. The van der Waals surface area contributed by atoms with Gasteiger partial charge in [0, 0.05) is 0 Å². The summed E-state index contributed by atoms with van der Waals surface area (Å²) < 4.78 is 0. The van der Waals surface area contributed by atoms with Gasteiger partial charge in [-0.05, 0) is 30.7 Å². The second-order valence-electron chi connectivity index (χ2n) is 3.77. The molecule has 1 aliphatic carbocycles. The highest BCUT2D eigenvalue weighted by molar-refractivity contribution is 4.79. The molecule has 1 aliphatic rings. The molecule has 1 nitrogen and oxygen atoms in total. The molecule has 1 saturated carbocycles. The second-order valence-corrected chi connectivity index (χ2v) is 3.77. The summed E-state index contributed by atoms with van der Waals surface area (Å²) in [6.07, 6.45) is 4.08. The van der Waals surface area contributed by atoms with Gasteiger partial charge in [0.1, 0.15) is 0 Å². The summed E-state index contributed by atoms with van der Waals surface area (Å²) >= 11 is 0. The Labute approximate surface area is 64.0 Å². The van der Waals surface area contributed by atoms with Gasteiger partial charge in [0.2, 0.25) is 0 Å². The van der Waals surface area contributed by atoms with Gasteiger partial charge in [-0.1, -0.05) is 26.7 Å². The molecule has 0 amide bonds. The molecule has 2 N–H and O–H groups in total. The monoisotopic (exact) mass is 141 g/mol. The zero-order valence-electron chi connectivity index (χ0n) is 7.14. The molecule has 0 aromatic heterocycles. The Morgan fingerprint density at radius 1 is 1.20 bits per heavy atom. The van der Waals surface area contributed by atoms with Gasteiger partial charge in [-0.15, -0.1) is 0 Å². The van der Waals surface area contributed by atoms with Crippen molar-refractivity contribution in [3.8, 4) is 0 Å². The van der Waals surface area contributed by atoms with Gasteiger partial charge in [0.15, 0.2) is 0 Å². The molecule has 0 heterocycles. The Bertz CT molecular complexity index is 90.9. The average molecular weight is 141 g/mol. The fourth-order valence-corrected chi connectivity index (χ4v) is 2.28. The fourth-order valence-electron chi connectivity index (χ4n) is 2.28. The molecule has 0 aromatic rings. The third kappa shape index (κ3) is 1.51. The molecule has 0 bridgehead atoms. The molecule has 60 valence electrons. The van der Waals surface area contributed by atoms with E-state index in [1.54, 1.807) is 0 Å². The van der Waals surface area contributed by atoms with E-state index in [1.807, 2.05) is 0 Å². The Kier molecular flexibility index (Phi) is 2.72. The molecule has 1 heteroatoms. The minimum absolute atomic E-state index is 0.874. The number of hydrogen-bond acceptors (Lipinski definition) is 1. The lowest BCUT2D eigenvalue weighted by molar-refractivity contribution is 0.328. The Balaban J connectivity index is 2.38. The van der Waals surface area contributed by atoms with Crippen molar-refractivity contribution in [3.05, 3.63) is 0 Å². The van der Waals surface area contributed by atoms with Crippen molar-refractivity contribution in [2.45, 2.75) is 33.1 Å². The maximum absolute atomic E-state index is 5.53. The molecular weight excluding hydrogens is 122 g/mol. The van der Waals surface area contributed by atoms with Crippen molar-refractivity contribution in [2.24, 2.45) is 23.5 Å². The zero-order valence-corrected chi connectivity index (χ0v) is 7.14. The maximum Gasteiger partial charge on any atom is -0.00744 e. The highest BCUT2D eigenvalue weighted by atomic mass is 14.5. The van der Waals surface area contributed by atoms with Crippen LogP contribution < -0.4 is 5.73 Å². The van der Waals surface area contributed by atoms with Crippen LogP contribution >= 0.6 is 0 Å². The van der Waals surface area contributed by atoms with Crippen molar-refractivity contribution in [1.29, 1.82) is 0 Å². The van der Waals surface area contributed by atoms with Crippen LogP contribution in [0.5, 0.6) is 0 Å². The van der Waals surface area contributed by atoms with E-state index in [2.05, 4.69) is 13.8 Å². The van der Waals surface area contributed by atoms with E-state index >= 15 is 0 Å². The topological polar surface area (TPSA) is 26.0 Å². The normalized spacial score (nSPS) is 40.5. The van der Waals surface area contributed by atoms with Crippen LogP contribution in [0.3, 0.4) is 0 Å². The van der Waals surface area contributed by atoms with Crippen LogP contribution in [0.4, 0.5) is 0 Å². The average Bonchev–Trinajstić information content (AvgIpc) is 2.20. The van der Waals surface area contributed by atoms with Crippen LogP contribution in [0.15, 0.2) is 0 Å². The first-order chi connectivity index (χ1) is 4.75. The minimum Gasteiger partial charge on any atom is -0.330 e. The van der Waals surface area contributed by atoms with E-state index in [1.165, 1.54) is 19.3 Å². The second kappa shape index (κ2) is 3.38. The predicted octanol–water partition coefficient (Wildman–Crippen LogP) is 2.02. The minimum atomic E-state index is 0.874. The summed E-state index contributed by atoms with van der Waals surface area (Å²) in [6.45, 7) is 5.60. The summed E-state index contributed by atoms with van der Waals surface area (Å²) in [5.41, 5.74) is 5.53. The van der Waals surface area contributed by atoms with Gasteiger partial charge in [0.05, 0.1) is 0 Å². The number of hydrogen-bond donors (Lipinski definition) is 1. The van der Waals surface area contributed by atoms with Gasteiger partial charge < -0.3 is 5.73 Å². The van der Waals surface area contributed by atoms with E-state index in [9.17, 15) is 0 Å². The van der Waals surface area contributed by atoms with E-state index in [-0.39, 0.29) is 0 Å². The lowest BCUT2D eigenvalue weighted by Crippen LogP contribution is -2.15. The zero-order chi connectivity index (χ0) is 7.56. The van der Waals surface area contributed by atoms with Crippen LogP contribution in [0.1, 0.15) is 33.1 Å². The largest absolute Gasteiger partial charge is 0.330 e. The molecule has 0 aliphatic heterocycles. The quantitative estimate of drug-likeness (QED) is 0.625. The van der Waals surface area contributed by atoms with Crippen LogP contribution in [-0.2, 0) is 0 Å². The highest BCUT2D eigenvalue weighted by Crippen LogP contribution is 2.37. The third-order valence-corrected chi connectivity index (χ3v) is 3.04. The van der Waals surface area contributed by atoms with Crippen molar-refractivity contribution in [3.63, 3.8) is 0 Å². The number of nitrogens with two attached hydrogens (primary N) is 1. The molecule has 0 spiro atoms. The summed E-state index contributed by atoms with van der Waals surface area (Å²) in [5.74, 6) is 2.78. The van der Waals surface area contributed by atoms with Crippen molar-refractivity contribution in [2.75, 3.05) is 6.54 Å². The molecule has 1 fully saturated rings. The first-order valence-corrected chi connectivity index (χ1v) is 4.45. The van der Waals surface area contributed by atoms with Crippen LogP contribution in [0, 0.1) is 17.8 Å². The van der Waals surface area contributed by atoms with Crippen LogP contribution in [0.25, 0.3) is 0 Å². The van der Waals surface area contributed by atoms with E-state index < -0.39 is 0 Å². The maximum atomic E-state index is 5.53. The smallest absolute Gasteiger partial charge is 0.00744 e. The molecule has 0 aromatic carbocycles. The van der Waals surface area contributed by atoms with Gasteiger partial charge >= 0.3 is 0 Å². The summed E-state index contributed by atoms with van der Waals surface area (Å²) in [4.78, 5) is 0. The Morgan fingerprint density at radius 3 is 2.10 bits per heavy atom. The highest BCUT2D eigenvalue weighted by Gasteiger charge is 2.28.